The number of nitrogens with zero attached hydrogens (tertiary/aromatic N) is 1. The minimum absolute atomic E-state index is 0.00719. The highest BCUT2D eigenvalue weighted by Crippen LogP contribution is 2.22. The third-order valence-electron chi connectivity index (χ3n) is 3.27. The van der Waals surface area contributed by atoms with E-state index < -0.39 is 5.97 Å². The summed E-state index contributed by atoms with van der Waals surface area (Å²) in [7, 11) is 0. The van der Waals surface area contributed by atoms with Crippen molar-refractivity contribution >= 4 is 17.3 Å². The van der Waals surface area contributed by atoms with E-state index >= 15 is 0 Å². The van der Waals surface area contributed by atoms with Gasteiger partial charge in [0.1, 0.15) is 0 Å². The first-order valence-electron chi connectivity index (χ1n) is 6.91. The molecule has 0 amide bonds. The van der Waals surface area contributed by atoms with E-state index in [0.29, 0.717) is 12.2 Å². The van der Waals surface area contributed by atoms with Crippen LogP contribution in [-0.2, 0) is 6.42 Å². The first-order valence-corrected chi connectivity index (χ1v) is 6.91. The number of carboxylic acids is 1. The van der Waals surface area contributed by atoms with Crippen molar-refractivity contribution in [2.24, 2.45) is 0 Å². The molecule has 116 valence electrons. The summed E-state index contributed by atoms with van der Waals surface area (Å²) in [5.41, 5.74) is 1.66. The molecule has 0 aromatic heterocycles. The molecule has 0 fully saturated rings. The molecule has 0 bridgehead atoms. The molecule has 2 aromatic rings. The Labute approximate surface area is 128 Å². The summed E-state index contributed by atoms with van der Waals surface area (Å²) in [6.45, 7) is 0.622. The van der Waals surface area contributed by atoms with Crippen LogP contribution in [0.2, 0.25) is 0 Å². The molecule has 0 heterocycles. The molecule has 0 aliphatic rings. The van der Waals surface area contributed by atoms with Gasteiger partial charge in [-0.2, -0.15) is 0 Å². The fourth-order valence-electron chi connectivity index (χ4n) is 2.15. The maximum Gasteiger partial charge on any atom is 0.337 e. The fraction of sp³-hybridized carbons (Fsp3) is 0.188. The Morgan fingerprint density at radius 3 is 2.45 bits per heavy atom. The number of carbonyl (C=O) groups is 1. The van der Waals surface area contributed by atoms with Crippen molar-refractivity contribution in [1.29, 1.82) is 0 Å². The van der Waals surface area contributed by atoms with Gasteiger partial charge in [0.25, 0.3) is 0 Å². The molecule has 0 saturated carbocycles. The van der Waals surface area contributed by atoms with E-state index in [2.05, 4.69) is 17.4 Å². The van der Waals surface area contributed by atoms with Crippen LogP contribution in [0.5, 0.6) is 0 Å². The third kappa shape index (κ3) is 4.21. The number of aryl methyl sites for hydroxylation is 1. The van der Waals surface area contributed by atoms with E-state index in [1.807, 2.05) is 18.2 Å². The highest BCUT2D eigenvalue weighted by molar-refractivity contribution is 5.95. The Bertz CT molecular complexity index is 629. The first kappa shape index (κ1) is 15.8. The molecule has 0 unspecified atom stereocenters. The van der Waals surface area contributed by atoms with Crippen LogP contribution in [-0.4, -0.2) is 28.0 Å². The van der Waals surface area contributed by atoms with E-state index in [4.69, 9.17) is 10.4 Å². The Hall–Kier alpha value is -2.57. The highest BCUT2D eigenvalue weighted by atomic mass is 16.8. The number of aromatic carboxylic acids is 1. The van der Waals surface area contributed by atoms with Crippen molar-refractivity contribution in [2.45, 2.75) is 12.8 Å². The van der Waals surface area contributed by atoms with Gasteiger partial charge in [-0.3, -0.25) is 10.4 Å². The van der Waals surface area contributed by atoms with Gasteiger partial charge < -0.3 is 10.4 Å². The van der Waals surface area contributed by atoms with Crippen LogP contribution in [0.15, 0.2) is 48.5 Å². The van der Waals surface area contributed by atoms with Crippen LogP contribution < -0.4 is 10.5 Å². The summed E-state index contributed by atoms with van der Waals surface area (Å²) in [6, 6.07) is 14.2. The Morgan fingerprint density at radius 1 is 1.09 bits per heavy atom. The first-order chi connectivity index (χ1) is 10.6. The van der Waals surface area contributed by atoms with Gasteiger partial charge in [0.05, 0.1) is 11.3 Å². The van der Waals surface area contributed by atoms with Crippen LogP contribution in [0.4, 0.5) is 11.4 Å². The maximum atomic E-state index is 11.2. The lowest BCUT2D eigenvalue weighted by atomic mass is 10.1. The van der Waals surface area contributed by atoms with Gasteiger partial charge in [-0.25, -0.2) is 4.79 Å². The van der Waals surface area contributed by atoms with Gasteiger partial charge in [0.2, 0.25) is 0 Å². The summed E-state index contributed by atoms with van der Waals surface area (Å²) < 4.78 is 0. The van der Waals surface area contributed by atoms with Crippen LogP contribution >= 0.6 is 0 Å². The van der Waals surface area contributed by atoms with Crippen molar-refractivity contribution in [3.63, 3.8) is 0 Å². The zero-order chi connectivity index (χ0) is 15.9. The van der Waals surface area contributed by atoms with Crippen LogP contribution in [0.3, 0.4) is 0 Å². The standard InChI is InChI=1S/C16H18N2O4/c19-16(20)14-11-13(18(21)22)8-9-15(14)17-10-4-7-12-5-2-1-3-6-12/h1-3,5-6,8-9,11,17,21-22H,4,7,10H2,(H,19,20). The largest absolute Gasteiger partial charge is 0.478 e. The monoisotopic (exact) mass is 302 g/mol. The van der Waals surface area contributed by atoms with Crippen LogP contribution in [0, 0.1) is 0 Å². The van der Waals surface area contributed by atoms with Gasteiger partial charge >= 0.3 is 5.97 Å². The SMILES string of the molecule is O=C(O)c1cc(N(O)O)ccc1NCCCc1ccccc1. The second-order valence-corrected chi connectivity index (χ2v) is 4.84. The number of hydrogen-bond acceptors (Lipinski definition) is 5. The van der Waals surface area contributed by atoms with Gasteiger partial charge in [0, 0.05) is 12.2 Å². The molecule has 0 aliphatic carbocycles. The molecule has 2 aromatic carbocycles. The number of rotatable bonds is 7. The van der Waals surface area contributed by atoms with Crippen LogP contribution in [0.1, 0.15) is 22.3 Å². The Kier molecular flexibility index (Phi) is 5.35. The minimum Gasteiger partial charge on any atom is -0.478 e. The number of hydrogen-bond donors (Lipinski definition) is 4. The Balaban J connectivity index is 1.96. The summed E-state index contributed by atoms with van der Waals surface area (Å²) >= 11 is 0. The van der Waals surface area contributed by atoms with Gasteiger partial charge in [-0.05, 0) is 36.6 Å². The van der Waals surface area contributed by atoms with Crippen molar-refractivity contribution in [3.8, 4) is 0 Å². The van der Waals surface area contributed by atoms with Gasteiger partial charge in [-0.15, -0.1) is 5.23 Å². The molecular formula is C16H18N2O4. The Morgan fingerprint density at radius 2 is 1.82 bits per heavy atom. The van der Waals surface area contributed by atoms with Gasteiger partial charge in [-0.1, -0.05) is 30.3 Å². The second kappa shape index (κ2) is 7.44. The van der Waals surface area contributed by atoms with E-state index in [1.165, 1.54) is 23.8 Å². The van der Waals surface area contributed by atoms with Crippen LogP contribution in [0.25, 0.3) is 0 Å². The highest BCUT2D eigenvalue weighted by Gasteiger charge is 2.12. The summed E-state index contributed by atoms with van der Waals surface area (Å²) in [5, 5.41) is 30.0. The smallest absolute Gasteiger partial charge is 0.337 e. The molecule has 0 radical (unpaired) electrons. The molecule has 4 N–H and O–H groups in total. The predicted molar refractivity (Wildman–Crippen MR) is 82.7 cm³/mol. The number of benzene rings is 2. The van der Waals surface area contributed by atoms with Crippen molar-refractivity contribution in [2.75, 3.05) is 17.1 Å². The average molecular weight is 302 g/mol. The van der Waals surface area contributed by atoms with Crippen molar-refractivity contribution in [3.05, 3.63) is 59.7 Å². The molecule has 0 saturated heterocycles. The number of anilines is 2. The molecule has 0 atom stereocenters. The summed E-state index contributed by atoms with van der Waals surface area (Å²) in [4.78, 5) is 11.2. The molecule has 0 aliphatic heterocycles. The van der Waals surface area contributed by atoms with E-state index in [0.717, 1.165) is 12.8 Å². The van der Waals surface area contributed by atoms with E-state index in [-0.39, 0.29) is 16.5 Å². The average Bonchev–Trinajstić information content (AvgIpc) is 2.52. The number of carboxylic acid groups (broad SMARTS) is 1. The zero-order valence-electron chi connectivity index (χ0n) is 11.9. The van der Waals surface area contributed by atoms with Crippen molar-refractivity contribution < 1.29 is 20.3 Å². The normalized spacial score (nSPS) is 10.3. The lowest BCUT2D eigenvalue weighted by molar-refractivity contribution is 0.0291. The summed E-state index contributed by atoms with van der Waals surface area (Å²) in [6.07, 6.45) is 1.76. The lowest BCUT2D eigenvalue weighted by Crippen LogP contribution is -2.14. The number of nitrogens with one attached hydrogen (secondary N) is 1. The molecule has 22 heavy (non-hydrogen) atoms. The second-order valence-electron chi connectivity index (χ2n) is 4.84. The van der Waals surface area contributed by atoms with Crippen molar-refractivity contribution in [1.82, 2.24) is 0 Å². The molecule has 0 spiro atoms. The van der Waals surface area contributed by atoms with E-state index in [9.17, 15) is 9.90 Å². The topological polar surface area (TPSA) is 93.0 Å². The quantitative estimate of drug-likeness (QED) is 0.464. The summed E-state index contributed by atoms with van der Waals surface area (Å²) in [5.74, 6) is -1.13. The molecule has 6 nitrogen and oxygen atoms in total. The minimum atomic E-state index is -1.13. The predicted octanol–water partition coefficient (Wildman–Crippen LogP) is 3.01. The lowest BCUT2D eigenvalue weighted by Gasteiger charge is -2.13. The van der Waals surface area contributed by atoms with Gasteiger partial charge in [0.15, 0.2) is 0 Å². The molecule has 2 rings (SSSR count). The third-order valence-corrected chi connectivity index (χ3v) is 3.27. The zero-order valence-corrected chi connectivity index (χ0v) is 11.9. The van der Waals surface area contributed by atoms with E-state index in [1.54, 1.807) is 0 Å². The molecular weight excluding hydrogens is 284 g/mol. The fourth-order valence-corrected chi connectivity index (χ4v) is 2.15. The molecule has 6 heteroatoms. The maximum absolute atomic E-state index is 11.2.